The van der Waals surface area contributed by atoms with Crippen molar-refractivity contribution in [2.75, 3.05) is 0 Å². The molecule has 0 aromatic heterocycles. The lowest BCUT2D eigenvalue weighted by Gasteiger charge is -2.32. The van der Waals surface area contributed by atoms with Crippen LogP contribution >= 0.6 is 0 Å². The number of aliphatic hydroxyl groups is 1. The number of carbonyl (C=O) groups excluding carboxylic acids is 1. The third-order valence-electron chi connectivity index (χ3n) is 2.87. The molecule has 0 aromatic rings. The first-order valence-corrected chi connectivity index (χ1v) is 6.09. The third-order valence-corrected chi connectivity index (χ3v) is 2.87. The predicted molar refractivity (Wildman–Crippen MR) is 64.1 cm³/mol. The summed E-state index contributed by atoms with van der Waals surface area (Å²) in [5.74, 6) is -1.41. The van der Waals surface area contributed by atoms with E-state index in [1.54, 1.807) is 20.8 Å². The van der Waals surface area contributed by atoms with Crippen LogP contribution in [0.5, 0.6) is 0 Å². The van der Waals surface area contributed by atoms with Gasteiger partial charge in [-0.25, -0.2) is 4.79 Å². The van der Waals surface area contributed by atoms with Crippen molar-refractivity contribution in [3.8, 4) is 0 Å². The molecule has 0 bridgehead atoms. The zero-order valence-corrected chi connectivity index (χ0v) is 11.0. The largest absolute Gasteiger partial charge is 0.481 e. The number of aliphatic hydroxyl groups excluding tert-OH is 1. The highest BCUT2D eigenvalue weighted by Crippen LogP contribution is 2.25. The number of carbonyl (C=O) groups is 2. The van der Waals surface area contributed by atoms with Gasteiger partial charge in [0.1, 0.15) is 5.60 Å². The minimum absolute atomic E-state index is 0.232. The Balaban J connectivity index is 2.53. The van der Waals surface area contributed by atoms with Crippen LogP contribution in [0.25, 0.3) is 0 Å². The molecule has 0 saturated heterocycles. The van der Waals surface area contributed by atoms with Gasteiger partial charge in [-0.3, -0.25) is 4.79 Å². The summed E-state index contributed by atoms with van der Waals surface area (Å²) in [7, 11) is 0. The van der Waals surface area contributed by atoms with Crippen molar-refractivity contribution < 1.29 is 24.5 Å². The topological polar surface area (TPSA) is 95.9 Å². The maximum absolute atomic E-state index is 11.6. The van der Waals surface area contributed by atoms with Crippen molar-refractivity contribution in [2.45, 2.75) is 57.8 Å². The van der Waals surface area contributed by atoms with Crippen LogP contribution in [0.3, 0.4) is 0 Å². The molecule has 1 saturated carbocycles. The van der Waals surface area contributed by atoms with Crippen molar-refractivity contribution in [3.05, 3.63) is 0 Å². The van der Waals surface area contributed by atoms with Gasteiger partial charge in [0.15, 0.2) is 0 Å². The number of carboxylic acids is 1. The maximum Gasteiger partial charge on any atom is 0.407 e. The predicted octanol–water partition coefficient (Wildman–Crippen LogP) is 1.13. The first kappa shape index (κ1) is 14.8. The number of ether oxygens (including phenoxy) is 1. The molecule has 1 fully saturated rings. The van der Waals surface area contributed by atoms with Gasteiger partial charge < -0.3 is 20.3 Å². The number of nitrogens with one attached hydrogen (secondary N) is 1. The molecule has 1 rings (SSSR count). The summed E-state index contributed by atoms with van der Waals surface area (Å²) in [6.07, 6.45) is -0.304. The van der Waals surface area contributed by atoms with E-state index in [1.807, 2.05) is 0 Å². The van der Waals surface area contributed by atoms with Crippen molar-refractivity contribution in [3.63, 3.8) is 0 Å². The number of hydrogen-bond donors (Lipinski definition) is 3. The van der Waals surface area contributed by atoms with E-state index in [4.69, 9.17) is 9.84 Å². The van der Waals surface area contributed by atoms with Gasteiger partial charge in [-0.2, -0.15) is 0 Å². The number of carboxylic acid groups (broad SMARTS) is 1. The van der Waals surface area contributed by atoms with E-state index in [9.17, 15) is 14.7 Å². The molecule has 1 aliphatic carbocycles. The second-order valence-electron chi connectivity index (χ2n) is 5.67. The summed E-state index contributed by atoms with van der Waals surface area (Å²) in [6, 6.07) is -0.560. The summed E-state index contributed by atoms with van der Waals surface area (Å²) in [6.45, 7) is 5.22. The van der Waals surface area contributed by atoms with Crippen LogP contribution in [0, 0.1) is 5.92 Å². The lowest BCUT2D eigenvalue weighted by molar-refractivity contribution is -0.144. The summed E-state index contributed by atoms with van der Waals surface area (Å²) in [5, 5.41) is 21.2. The van der Waals surface area contributed by atoms with Crippen LogP contribution in [0.4, 0.5) is 4.79 Å². The third kappa shape index (κ3) is 4.52. The second-order valence-corrected chi connectivity index (χ2v) is 5.67. The molecular weight excluding hydrogens is 238 g/mol. The molecule has 0 aromatic carbocycles. The van der Waals surface area contributed by atoms with Crippen LogP contribution in [0.15, 0.2) is 0 Å². The van der Waals surface area contributed by atoms with Crippen LogP contribution < -0.4 is 5.32 Å². The van der Waals surface area contributed by atoms with Gasteiger partial charge in [0.25, 0.3) is 0 Å². The monoisotopic (exact) mass is 259 g/mol. The minimum Gasteiger partial charge on any atom is -0.481 e. The van der Waals surface area contributed by atoms with E-state index < -0.39 is 35.7 Å². The molecule has 0 heterocycles. The number of aliphatic carboxylic acids is 1. The summed E-state index contributed by atoms with van der Waals surface area (Å²) >= 11 is 0. The van der Waals surface area contributed by atoms with E-state index in [-0.39, 0.29) is 6.42 Å². The molecule has 1 aliphatic rings. The van der Waals surface area contributed by atoms with Gasteiger partial charge in [0, 0.05) is 0 Å². The Labute approximate surface area is 106 Å². The molecule has 3 atom stereocenters. The molecular formula is C12H21NO5. The lowest BCUT2D eigenvalue weighted by atomic mass is 9.84. The van der Waals surface area contributed by atoms with E-state index in [0.29, 0.717) is 12.8 Å². The molecule has 6 heteroatoms. The smallest absolute Gasteiger partial charge is 0.407 e. The summed E-state index contributed by atoms with van der Waals surface area (Å²) < 4.78 is 5.08. The Morgan fingerprint density at radius 2 is 1.89 bits per heavy atom. The van der Waals surface area contributed by atoms with Crippen molar-refractivity contribution >= 4 is 12.1 Å². The molecule has 1 amide bonds. The quantitative estimate of drug-likeness (QED) is 0.690. The minimum atomic E-state index is -0.891. The lowest BCUT2D eigenvalue weighted by Crippen LogP contribution is -2.49. The molecule has 0 spiro atoms. The van der Waals surface area contributed by atoms with Gasteiger partial charge in [0.2, 0.25) is 0 Å². The van der Waals surface area contributed by atoms with Gasteiger partial charge in [-0.15, -0.1) is 0 Å². The van der Waals surface area contributed by atoms with Crippen molar-refractivity contribution in [2.24, 2.45) is 5.92 Å². The normalized spacial score (nSPS) is 28.6. The fourth-order valence-corrected chi connectivity index (χ4v) is 1.99. The van der Waals surface area contributed by atoms with Crippen LogP contribution in [-0.2, 0) is 9.53 Å². The number of hydrogen-bond acceptors (Lipinski definition) is 4. The SMILES string of the molecule is CC(C)(C)OC(=O)N[C@H]1CC(C(=O)O)CC[C@@H]1O. The molecule has 0 radical (unpaired) electrons. The highest BCUT2D eigenvalue weighted by molar-refractivity contribution is 5.71. The molecule has 1 unspecified atom stereocenters. The van der Waals surface area contributed by atoms with Crippen LogP contribution in [-0.4, -0.2) is 40.0 Å². The summed E-state index contributed by atoms with van der Waals surface area (Å²) in [5.41, 5.74) is -0.615. The second kappa shape index (κ2) is 5.56. The van der Waals surface area contributed by atoms with Gasteiger partial charge in [-0.1, -0.05) is 0 Å². The first-order chi connectivity index (χ1) is 8.19. The molecule has 0 aliphatic heterocycles. The average molecular weight is 259 g/mol. The van der Waals surface area contributed by atoms with Crippen molar-refractivity contribution in [1.82, 2.24) is 5.32 Å². The standard InChI is InChI=1S/C12H21NO5/c1-12(2,3)18-11(17)13-8-6-7(10(15)16)4-5-9(8)14/h7-9,14H,4-6H2,1-3H3,(H,13,17)(H,15,16)/t7?,8-,9-/m0/s1. The fraction of sp³-hybridized carbons (Fsp3) is 0.833. The fourth-order valence-electron chi connectivity index (χ4n) is 1.99. The zero-order valence-electron chi connectivity index (χ0n) is 11.0. The Hall–Kier alpha value is -1.30. The molecule has 6 nitrogen and oxygen atoms in total. The molecule has 18 heavy (non-hydrogen) atoms. The number of alkyl carbamates (subject to hydrolysis) is 1. The van der Waals surface area contributed by atoms with Crippen LogP contribution in [0.1, 0.15) is 40.0 Å². The maximum atomic E-state index is 11.6. The van der Waals surface area contributed by atoms with Gasteiger partial charge in [-0.05, 0) is 40.0 Å². The summed E-state index contributed by atoms with van der Waals surface area (Å²) in [4.78, 5) is 22.5. The Morgan fingerprint density at radius 3 is 2.39 bits per heavy atom. The van der Waals surface area contributed by atoms with E-state index >= 15 is 0 Å². The molecule has 3 N–H and O–H groups in total. The Kier molecular flexibility index (Phi) is 4.56. The first-order valence-electron chi connectivity index (χ1n) is 6.09. The number of rotatable bonds is 2. The highest BCUT2D eigenvalue weighted by atomic mass is 16.6. The highest BCUT2D eigenvalue weighted by Gasteiger charge is 2.34. The van der Waals surface area contributed by atoms with Crippen molar-refractivity contribution in [1.29, 1.82) is 0 Å². The molecule has 104 valence electrons. The van der Waals surface area contributed by atoms with Gasteiger partial charge >= 0.3 is 12.1 Å². The van der Waals surface area contributed by atoms with Crippen LogP contribution in [0.2, 0.25) is 0 Å². The Bertz CT molecular complexity index is 323. The Morgan fingerprint density at radius 1 is 1.28 bits per heavy atom. The average Bonchev–Trinajstić information content (AvgIpc) is 2.18. The zero-order chi connectivity index (χ0) is 13.9. The van der Waals surface area contributed by atoms with E-state index in [1.165, 1.54) is 0 Å². The van der Waals surface area contributed by atoms with Gasteiger partial charge in [0.05, 0.1) is 18.1 Å². The van der Waals surface area contributed by atoms with E-state index in [0.717, 1.165) is 0 Å². The number of amides is 1. The van der Waals surface area contributed by atoms with E-state index in [2.05, 4.69) is 5.32 Å².